The van der Waals surface area contributed by atoms with E-state index >= 15 is 0 Å². The topological polar surface area (TPSA) is 63.8 Å². The third-order valence-electron chi connectivity index (χ3n) is 4.77. The first-order valence-corrected chi connectivity index (χ1v) is 10.7. The van der Waals surface area contributed by atoms with Crippen LogP contribution in [0.2, 0.25) is 0 Å². The van der Waals surface area contributed by atoms with E-state index in [0.29, 0.717) is 11.5 Å². The summed E-state index contributed by atoms with van der Waals surface area (Å²) in [6.07, 6.45) is 5.56. The highest BCUT2D eigenvalue weighted by Crippen LogP contribution is 2.31. The van der Waals surface area contributed by atoms with Crippen molar-refractivity contribution < 1.29 is 17.6 Å². The van der Waals surface area contributed by atoms with Gasteiger partial charge in [0.1, 0.15) is 6.26 Å². The number of halogens is 3. The molecule has 2 heterocycles. The number of anilines is 1. The molecule has 0 fully saturated rings. The first kappa shape index (κ1) is 21.9. The average Bonchev–Trinajstić information content (AvgIpc) is 3.50. The van der Waals surface area contributed by atoms with Crippen LogP contribution in [-0.4, -0.2) is 15.0 Å². The second-order valence-corrected chi connectivity index (χ2v) is 7.86. The van der Waals surface area contributed by atoms with Crippen LogP contribution >= 0.6 is 11.9 Å². The summed E-state index contributed by atoms with van der Waals surface area (Å²) < 4.78 is 45.1. The van der Waals surface area contributed by atoms with Crippen LogP contribution in [0.4, 0.5) is 19.1 Å². The molecule has 0 bridgehead atoms. The van der Waals surface area contributed by atoms with Crippen molar-refractivity contribution in [1.29, 1.82) is 0 Å². The molecule has 0 unspecified atom stereocenters. The first-order valence-electron chi connectivity index (χ1n) is 9.88. The normalized spacial score (nSPS) is 12.6. The van der Waals surface area contributed by atoms with E-state index in [4.69, 9.17) is 4.42 Å². The molecule has 32 heavy (non-hydrogen) atoms. The highest BCUT2D eigenvalue weighted by molar-refractivity contribution is 8.00. The minimum absolute atomic E-state index is 0.182. The molecule has 1 N–H and O–H groups in total. The standard InChI is InChI=1S/C13H13N3S.C10H6F3NO/c1-3-10-5-6-12(9-11(10)4-1)17-16-13-14-7-2-8-15-13;11-10(12,13)8-3-1-2-7(6-8)9-14-4-5-15-9/h2,5-9H,1,3-4H2,(H,14,15,16);1-6H. The van der Waals surface area contributed by atoms with Crippen LogP contribution in [0.3, 0.4) is 0 Å². The third-order valence-corrected chi connectivity index (χ3v) is 5.54. The average molecular weight is 456 g/mol. The lowest BCUT2D eigenvalue weighted by molar-refractivity contribution is -0.137. The van der Waals surface area contributed by atoms with Gasteiger partial charge >= 0.3 is 6.18 Å². The van der Waals surface area contributed by atoms with Gasteiger partial charge in [0.25, 0.3) is 0 Å². The van der Waals surface area contributed by atoms with Crippen molar-refractivity contribution in [3.63, 3.8) is 0 Å². The van der Waals surface area contributed by atoms with Gasteiger partial charge in [-0.25, -0.2) is 15.0 Å². The lowest BCUT2D eigenvalue weighted by Crippen LogP contribution is -2.04. The SMILES string of the molecule is FC(F)(F)c1cccc(-c2ncco2)c1.c1cnc(NSc2ccc3c(c2)CCC3)nc1. The van der Waals surface area contributed by atoms with Crippen molar-refractivity contribution in [3.8, 4) is 11.5 Å². The Bertz CT molecular complexity index is 1150. The Balaban J connectivity index is 0.000000155. The van der Waals surface area contributed by atoms with E-state index in [1.54, 1.807) is 24.3 Å². The van der Waals surface area contributed by atoms with Crippen molar-refractivity contribution in [2.75, 3.05) is 4.72 Å². The smallest absolute Gasteiger partial charge is 0.416 e. The zero-order valence-corrected chi connectivity index (χ0v) is 17.7. The molecule has 1 aliphatic carbocycles. The molecule has 0 aliphatic heterocycles. The van der Waals surface area contributed by atoms with Crippen molar-refractivity contribution >= 4 is 17.9 Å². The summed E-state index contributed by atoms with van der Waals surface area (Å²) >= 11 is 1.56. The zero-order valence-electron chi connectivity index (χ0n) is 16.8. The highest BCUT2D eigenvalue weighted by atomic mass is 32.2. The summed E-state index contributed by atoms with van der Waals surface area (Å²) in [6.45, 7) is 0. The van der Waals surface area contributed by atoms with Gasteiger partial charge < -0.3 is 4.42 Å². The molecule has 164 valence electrons. The number of oxazole rings is 1. The van der Waals surface area contributed by atoms with Crippen LogP contribution in [0.25, 0.3) is 11.5 Å². The number of fused-ring (bicyclic) bond motifs is 1. The van der Waals surface area contributed by atoms with E-state index in [1.165, 1.54) is 59.9 Å². The first-order chi connectivity index (χ1) is 15.5. The Kier molecular flexibility index (Phi) is 6.75. The van der Waals surface area contributed by atoms with Crippen LogP contribution < -0.4 is 4.72 Å². The number of nitrogens with zero attached hydrogens (tertiary/aromatic N) is 3. The minimum Gasteiger partial charge on any atom is -0.445 e. The third kappa shape index (κ3) is 5.67. The Morgan fingerprint density at radius 3 is 2.44 bits per heavy atom. The number of benzene rings is 2. The molecule has 0 radical (unpaired) electrons. The van der Waals surface area contributed by atoms with Gasteiger partial charge in [-0.1, -0.05) is 12.1 Å². The molecule has 0 saturated carbocycles. The maximum atomic E-state index is 12.4. The second-order valence-electron chi connectivity index (χ2n) is 6.98. The van der Waals surface area contributed by atoms with Crippen LogP contribution in [-0.2, 0) is 19.0 Å². The molecule has 1 aliphatic rings. The minimum atomic E-state index is -4.34. The van der Waals surface area contributed by atoms with E-state index in [2.05, 4.69) is 37.9 Å². The quantitative estimate of drug-likeness (QED) is 0.356. The summed E-state index contributed by atoms with van der Waals surface area (Å²) in [5.41, 5.74) is 2.60. The van der Waals surface area contributed by atoms with Gasteiger partial charge in [0.05, 0.1) is 11.8 Å². The van der Waals surface area contributed by atoms with Gasteiger partial charge in [0.2, 0.25) is 11.8 Å². The Hall–Kier alpha value is -3.33. The van der Waals surface area contributed by atoms with Crippen molar-refractivity contribution in [2.24, 2.45) is 0 Å². The second kappa shape index (κ2) is 9.86. The predicted molar refractivity (Wildman–Crippen MR) is 117 cm³/mol. The maximum absolute atomic E-state index is 12.4. The Morgan fingerprint density at radius 1 is 0.875 bits per heavy atom. The van der Waals surface area contributed by atoms with E-state index in [0.717, 1.165) is 12.1 Å². The lowest BCUT2D eigenvalue weighted by Gasteiger charge is -2.06. The number of hydrogen-bond donors (Lipinski definition) is 1. The molecule has 4 aromatic rings. The Morgan fingerprint density at radius 2 is 1.69 bits per heavy atom. The van der Waals surface area contributed by atoms with E-state index in [9.17, 15) is 13.2 Å². The number of aromatic nitrogens is 3. The Labute approximate surface area is 187 Å². The van der Waals surface area contributed by atoms with Crippen LogP contribution in [0.1, 0.15) is 23.1 Å². The molecule has 0 atom stereocenters. The van der Waals surface area contributed by atoms with Crippen molar-refractivity contribution in [1.82, 2.24) is 15.0 Å². The molecule has 5 rings (SSSR count). The molecule has 0 spiro atoms. The molecular weight excluding hydrogens is 437 g/mol. The van der Waals surface area contributed by atoms with Gasteiger partial charge in [0, 0.05) is 22.9 Å². The lowest BCUT2D eigenvalue weighted by atomic mass is 10.1. The molecule has 0 amide bonds. The van der Waals surface area contributed by atoms with Crippen LogP contribution in [0, 0.1) is 0 Å². The molecule has 2 aromatic carbocycles. The van der Waals surface area contributed by atoms with Crippen molar-refractivity contribution in [3.05, 3.63) is 90.1 Å². The van der Waals surface area contributed by atoms with Crippen LogP contribution in [0.5, 0.6) is 0 Å². The van der Waals surface area contributed by atoms with Gasteiger partial charge in [-0.05, 0) is 78.7 Å². The summed E-state index contributed by atoms with van der Waals surface area (Å²) in [5, 5.41) is 0. The fourth-order valence-electron chi connectivity index (χ4n) is 3.26. The molecule has 0 saturated heterocycles. The van der Waals surface area contributed by atoms with Crippen LogP contribution in [0.15, 0.2) is 82.7 Å². The van der Waals surface area contributed by atoms with Gasteiger partial charge in [-0.3, -0.25) is 4.72 Å². The molecule has 2 aromatic heterocycles. The van der Waals surface area contributed by atoms with Crippen molar-refractivity contribution in [2.45, 2.75) is 30.3 Å². The summed E-state index contributed by atoms with van der Waals surface area (Å²) in [4.78, 5) is 13.2. The van der Waals surface area contributed by atoms with Gasteiger partial charge in [-0.2, -0.15) is 13.2 Å². The largest absolute Gasteiger partial charge is 0.445 e. The summed E-state index contributed by atoms with van der Waals surface area (Å²) in [5.74, 6) is 0.832. The number of aryl methyl sites for hydroxylation is 2. The number of hydrogen-bond acceptors (Lipinski definition) is 6. The fourth-order valence-corrected chi connectivity index (χ4v) is 3.91. The number of rotatable bonds is 4. The van der Waals surface area contributed by atoms with E-state index < -0.39 is 11.7 Å². The molecule has 5 nitrogen and oxygen atoms in total. The summed E-state index contributed by atoms with van der Waals surface area (Å²) in [7, 11) is 0. The fraction of sp³-hybridized carbons (Fsp3) is 0.174. The van der Waals surface area contributed by atoms with E-state index in [1.807, 2.05) is 6.07 Å². The zero-order chi connectivity index (χ0) is 22.4. The predicted octanol–water partition coefficient (Wildman–Crippen LogP) is 6.44. The number of alkyl halides is 3. The highest BCUT2D eigenvalue weighted by Gasteiger charge is 2.30. The van der Waals surface area contributed by atoms with Gasteiger partial charge in [0.15, 0.2) is 0 Å². The maximum Gasteiger partial charge on any atom is 0.416 e. The summed E-state index contributed by atoms with van der Waals surface area (Å²) in [6, 6.07) is 13.3. The molecule has 9 heteroatoms. The van der Waals surface area contributed by atoms with Gasteiger partial charge in [-0.15, -0.1) is 0 Å². The number of nitrogens with one attached hydrogen (secondary N) is 1. The van der Waals surface area contributed by atoms with E-state index in [-0.39, 0.29) is 5.89 Å². The molecular formula is C23H19F3N4OS. The monoisotopic (exact) mass is 456 g/mol.